The molecule has 0 bridgehead atoms. The van der Waals surface area contributed by atoms with Gasteiger partial charge in [0.05, 0.1) is 5.75 Å². The molecule has 2 aromatic rings. The number of sulfone groups is 1. The molecule has 0 atom stereocenters. The van der Waals surface area contributed by atoms with Crippen molar-refractivity contribution in [1.29, 1.82) is 0 Å². The molecule has 2 rings (SSSR count). The first-order valence-corrected chi connectivity index (χ1v) is 9.07. The molecule has 0 aliphatic carbocycles. The molecule has 0 heterocycles. The van der Waals surface area contributed by atoms with Crippen LogP contribution in [-0.2, 0) is 16.3 Å². The van der Waals surface area contributed by atoms with Gasteiger partial charge in [-0.3, -0.25) is 4.79 Å². The Balaban J connectivity index is 2.47. The van der Waals surface area contributed by atoms with Crippen molar-refractivity contribution in [3.05, 3.63) is 64.2 Å². The standard InChI is InChI=1S/C16H16ClNO3S/c1-22(20,21)8-7-13-14(9-12(17)10-15(13)18)16(19)11-5-3-2-4-6-11/h2-6,9-10H,7-8,18H2,1H3. The summed E-state index contributed by atoms with van der Waals surface area (Å²) in [7, 11) is -3.16. The summed E-state index contributed by atoms with van der Waals surface area (Å²) < 4.78 is 22.8. The fourth-order valence-corrected chi connectivity index (χ4v) is 2.97. The summed E-state index contributed by atoms with van der Waals surface area (Å²) in [5.41, 5.74) is 7.63. The van der Waals surface area contributed by atoms with E-state index in [0.29, 0.717) is 27.4 Å². The van der Waals surface area contributed by atoms with Gasteiger partial charge in [-0.05, 0) is 24.1 Å². The predicted molar refractivity (Wildman–Crippen MR) is 89.2 cm³/mol. The molecule has 0 saturated carbocycles. The van der Waals surface area contributed by atoms with Crippen LogP contribution < -0.4 is 5.73 Å². The van der Waals surface area contributed by atoms with E-state index in [1.807, 2.05) is 6.07 Å². The van der Waals surface area contributed by atoms with Crippen LogP contribution in [-0.4, -0.2) is 26.2 Å². The number of hydrogen-bond acceptors (Lipinski definition) is 4. The second-order valence-corrected chi connectivity index (χ2v) is 7.79. The fourth-order valence-electron chi connectivity index (χ4n) is 2.17. The van der Waals surface area contributed by atoms with Crippen molar-refractivity contribution in [2.45, 2.75) is 6.42 Å². The van der Waals surface area contributed by atoms with E-state index in [2.05, 4.69) is 0 Å². The van der Waals surface area contributed by atoms with Gasteiger partial charge in [-0.15, -0.1) is 0 Å². The highest BCUT2D eigenvalue weighted by molar-refractivity contribution is 7.90. The van der Waals surface area contributed by atoms with Crippen LogP contribution in [0, 0.1) is 0 Å². The summed E-state index contributed by atoms with van der Waals surface area (Å²) in [5.74, 6) is -0.299. The highest BCUT2D eigenvalue weighted by Crippen LogP contribution is 2.26. The monoisotopic (exact) mass is 337 g/mol. The van der Waals surface area contributed by atoms with Crippen LogP contribution in [0.25, 0.3) is 0 Å². The molecule has 6 heteroatoms. The normalized spacial score (nSPS) is 11.4. The second kappa shape index (κ2) is 6.50. The number of carbonyl (C=O) groups excluding carboxylic acids is 1. The van der Waals surface area contributed by atoms with Gasteiger partial charge >= 0.3 is 0 Å². The number of benzene rings is 2. The molecule has 0 spiro atoms. The lowest BCUT2D eigenvalue weighted by molar-refractivity contribution is 0.103. The molecule has 22 heavy (non-hydrogen) atoms. The molecule has 2 aromatic carbocycles. The third-order valence-corrected chi connectivity index (χ3v) is 4.42. The Morgan fingerprint density at radius 3 is 2.41 bits per heavy atom. The van der Waals surface area contributed by atoms with Crippen molar-refractivity contribution in [1.82, 2.24) is 0 Å². The Kier molecular flexibility index (Phi) is 4.88. The molecule has 4 nitrogen and oxygen atoms in total. The average Bonchev–Trinajstić information content (AvgIpc) is 2.44. The largest absolute Gasteiger partial charge is 0.398 e. The van der Waals surface area contributed by atoms with Crippen molar-refractivity contribution in [2.24, 2.45) is 0 Å². The van der Waals surface area contributed by atoms with Gasteiger partial charge in [-0.25, -0.2) is 8.42 Å². The smallest absolute Gasteiger partial charge is 0.193 e. The van der Waals surface area contributed by atoms with E-state index < -0.39 is 9.84 Å². The van der Waals surface area contributed by atoms with Gasteiger partial charge in [0, 0.05) is 28.1 Å². The maximum Gasteiger partial charge on any atom is 0.193 e. The summed E-state index contributed by atoms with van der Waals surface area (Å²) >= 11 is 5.99. The van der Waals surface area contributed by atoms with Gasteiger partial charge in [0.1, 0.15) is 9.84 Å². The predicted octanol–water partition coefficient (Wildman–Crippen LogP) is 2.74. The number of hydrogen-bond donors (Lipinski definition) is 1. The average molecular weight is 338 g/mol. The first kappa shape index (κ1) is 16.5. The SMILES string of the molecule is CS(=O)(=O)CCc1c(N)cc(Cl)cc1C(=O)c1ccccc1. The van der Waals surface area contributed by atoms with Crippen LogP contribution in [0.4, 0.5) is 5.69 Å². The van der Waals surface area contributed by atoms with Crippen molar-refractivity contribution in [3.63, 3.8) is 0 Å². The van der Waals surface area contributed by atoms with Crippen molar-refractivity contribution in [2.75, 3.05) is 17.7 Å². The minimum absolute atomic E-state index is 0.0755. The molecule has 0 aliphatic rings. The van der Waals surface area contributed by atoms with Crippen LogP contribution in [0.1, 0.15) is 21.5 Å². The lowest BCUT2D eigenvalue weighted by Crippen LogP contribution is -2.13. The summed E-state index contributed by atoms with van der Waals surface area (Å²) in [6.07, 6.45) is 1.33. The minimum Gasteiger partial charge on any atom is -0.398 e. The van der Waals surface area contributed by atoms with E-state index in [4.69, 9.17) is 17.3 Å². The molecule has 0 aliphatic heterocycles. The summed E-state index contributed by atoms with van der Waals surface area (Å²) in [6.45, 7) is 0. The molecule has 116 valence electrons. The Morgan fingerprint density at radius 1 is 1.18 bits per heavy atom. The van der Waals surface area contributed by atoms with Crippen molar-refractivity contribution in [3.8, 4) is 0 Å². The van der Waals surface area contributed by atoms with Crippen LogP contribution in [0.3, 0.4) is 0 Å². The van der Waals surface area contributed by atoms with Crippen LogP contribution in [0.2, 0.25) is 5.02 Å². The number of carbonyl (C=O) groups is 1. The zero-order valence-electron chi connectivity index (χ0n) is 12.0. The maximum absolute atomic E-state index is 12.6. The van der Waals surface area contributed by atoms with Crippen LogP contribution in [0.5, 0.6) is 0 Å². The summed E-state index contributed by atoms with van der Waals surface area (Å²) in [5, 5.41) is 0.347. The van der Waals surface area contributed by atoms with E-state index in [1.54, 1.807) is 24.3 Å². The Bertz CT molecular complexity index is 802. The third kappa shape index (κ3) is 4.08. The Hall–Kier alpha value is -1.85. The Morgan fingerprint density at radius 2 is 1.82 bits per heavy atom. The van der Waals surface area contributed by atoms with Gasteiger partial charge in [-0.2, -0.15) is 0 Å². The second-order valence-electron chi connectivity index (χ2n) is 5.10. The maximum atomic E-state index is 12.6. The van der Waals surface area contributed by atoms with E-state index in [9.17, 15) is 13.2 Å². The van der Waals surface area contributed by atoms with Crippen LogP contribution in [0.15, 0.2) is 42.5 Å². The number of rotatable bonds is 5. The summed E-state index contributed by atoms with van der Waals surface area (Å²) in [4.78, 5) is 12.6. The highest BCUT2D eigenvalue weighted by Gasteiger charge is 2.18. The molecule has 0 saturated heterocycles. The van der Waals surface area contributed by atoms with E-state index in [-0.39, 0.29) is 18.0 Å². The molecular formula is C16H16ClNO3S. The van der Waals surface area contributed by atoms with E-state index in [1.165, 1.54) is 12.1 Å². The number of nitrogen functional groups attached to an aromatic ring is 1. The lowest BCUT2D eigenvalue weighted by Gasteiger charge is -2.12. The lowest BCUT2D eigenvalue weighted by atomic mass is 9.95. The quantitative estimate of drug-likeness (QED) is 0.672. The number of ketones is 1. The van der Waals surface area contributed by atoms with Crippen molar-refractivity contribution >= 4 is 32.9 Å². The molecule has 0 amide bonds. The molecule has 0 unspecified atom stereocenters. The molecule has 0 aromatic heterocycles. The van der Waals surface area contributed by atoms with Gasteiger partial charge in [-0.1, -0.05) is 41.9 Å². The fraction of sp³-hybridized carbons (Fsp3) is 0.188. The molecular weight excluding hydrogens is 322 g/mol. The highest BCUT2D eigenvalue weighted by atomic mass is 35.5. The first-order chi connectivity index (χ1) is 10.3. The molecule has 2 N–H and O–H groups in total. The zero-order valence-corrected chi connectivity index (χ0v) is 13.6. The van der Waals surface area contributed by atoms with Gasteiger partial charge < -0.3 is 5.73 Å². The minimum atomic E-state index is -3.16. The molecule has 0 radical (unpaired) electrons. The number of nitrogens with two attached hydrogens (primary N) is 1. The summed E-state index contributed by atoms with van der Waals surface area (Å²) in [6, 6.07) is 11.8. The van der Waals surface area contributed by atoms with Gasteiger partial charge in [0.25, 0.3) is 0 Å². The first-order valence-electron chi connectivity index (χ1n) is 6.63. The van der Waals surface area contributed by atoms with E-state index in [0.717, 1.165) is 6.26 Å². The van der Waals surface area contributed by atoms with E-state index >= 15 is 0 Å². The number of anilines is 1. The molecule has 0 fully saturated rings. The Labute approximate surface area is 134 Å². The van der Waals surface area contributed by atoms with Crippen molar-refractivity contribution < 1.29 is 13.2 Å². The van der Waals surface area contributed by atoms with Gasteiger partial charge in [0.15, 0.2) is 5.78 Å². The third-order valence-electron chi connectivity index (χ3n) is 3.25. The number of halogens is 1. The van der Waals surface area contributed by atoms with Gasteiger partial charge in [0.2, 0.25) is 0 Å². The van der Waals surface area contributed by atoms with Crippen LogP contribution >= 0.6 is 11.6 Å². The zero-order chi connectivity index (χ0) is 16.3. The topological polar surface area (TPSA) is 77.2 Å².